The third kappa shape index (κ3) is 7.65. The molecule has 1 aliphatic carbocycles. The summed E-state index contributed by atoms with van der Waals surface area (Å²) < 4.78 is 5.55. The summed E-state index contributed by atoms with van der Waals surface area (Å²) in [5.74, 6) is -1.42. The van der Waals surface area contributed by atoms with Crippen LogP contribution in [0.1, 0.15) is 52.4 Å². The second-order valence-corrected chi connectivity index (χ2v) is 11.8. The van der Waals surface area contributed by atoms with Crippen molar-refractivity contribution in [2.45, 2.75) is 31.8 Å². The SMILES string of the molecule is N#Cc1ccc(C(=O)Nc2cc(-c3cccc(CN(C(=O)C4CC4)C(CC(=O)O)c4cccnc4)c3)ccc2N2CCOCC2)cc1. The van der Waals surface area contributed by atoms with Crippen molar-refractivity contribution >= 4 is 29.2 Å². The van der Waals surface area contributed by atoms with Crippen LogP contribution in [-0.4, -0.2) is 59.1 Å². The van der Waals surface area contributed by atoms with Crippen LogP contribution >= 0.6 is 0 Å². The smallest absolute Gasteiger partial charge is 0.305 e. The summed E-state index contributed by atoms with van der Waals surface area (Å²) in [6.07, 6.45) is 4.63. The van der Waals surface area contributed by atoms with Gasteiger partial charge in [-0.15, -0.1) is 0 Å². The summed E-state index contributed by atoms with van der Waals surface area (Å²) in [6, 6.07) is 25.3. The Morgan fingerprint density at radius 3 is 2.45 bits per heavy atom. The minimum atomic E-state index is -0.989. The molecule has 47 heavy (non-hydrogen) atoms. The van der Waals surface area contributed by atoms with Gasteiger partial charge in [-0.1, -0.05) is 30.3 Å². The average Bonchev–Trinajstić information content (AvgIpc) is 3.96. The van der Waals surface area contributed by atoms with E-state index in [-0.39, 0.29) is 30.7 Å². The van der Waals surface area contributed by atoms with Gasteiger partial charge in [-0.2, -0.15) is 5.26 Å². The normalized spacial score (nSPS) is 14.9. The quantitative estimate of drug-likeness (QED) is 0.217. The van der Waals surface area contributed by atoms with Gasteiger partial charge in [-0.25, -0.2) is 0 Å². The fraction of sp³-hybridized carbons (Fsp3) is 0.270. The van der Waals surface area contributed by atoms with E-state index >= 15 is 0 Å². The van der Waals surface area contributed by atoms with Gasteiger partial charge in [-0.05, 0) is 83.6 Å². The van der Waals surface area contributed by atoms with Crippen LogP contribution in [0.2, 0.25) is 0 Å². The molecular weight excluding hydrogens is 594 g/mol. The zero-order valence-electron chi connectivity index (χ0n) is 25.8. The van der Waals surface area contributed by atoms with Gasteiger partial charge >= 0.3 is 5.97 Å². The molecule has 3 aromatic carbocycles. The molecule has 2 aliphatic rings. The number of aromatic nitrogens is 1. The number of amides is 2. The Labute approximate surface area is 273 Å². The molecule has 0 spiro atoms. The first-order valence-electron chi connectivity index (χ1n) is 15.7. The maximum Gasteiger partial charge on any atom is 0.305 e. The van der Waals surface area contributed by atoms with E-state index in [1.807, 2.05) is 48.5 Å². The van der Waals surface area contributed by atoms with Crippen LogP contribution in [0.4, 0.5) is 11.4 Å². The summed E-state index contributed by atoms with van der Waals surface area (Å²) in [7, 11) is 0. The van der Waals surface area contributed by atoms with Gasteiger partial charge in [0.15, 0.2) is 0 Å². The van der Waals surface area contributed by atoms with Crippen molar-refractivity contribution in [3.63, 3.8) is 0 Å². The Morgan fingerprint density at radius 2 is 1.77 bits per heavy atom. The lowest BCUT2D eigenvalue weighted by Crippen LogP contribution is -2.36. The number of carbonyl (C=O) groups excluding carboxylic acids is 2. The first-order valence-corrected chi connectivity index (χ1v) is 15.7. The first kappa shape index (κ1) is 31.5. The number of carbonyl (C=O) groups is 3. The molecular formula is C37H35N5O5. The number of nitrogens with one attached hydrogen (secondary N) is 1. The molecule has 10 nitrogen and oxygen atoms in total. The van der Waals surface area contributed by atoms with Crippen molar-refractivity contribution in [2.75, 3.05) is 36.5 Å². The molecule has 1 saturated heterocycles. The second-order valence-electron chi connectivity index (χ2n) is 11.8. The Morgan fingerprint density at radius 1 is 1.00 bits per heavy atom. The highest BCUT2D eigenvalue weighted by atomic mass is 16.5. The molecule has 0 bridgehead atoms. The number of hydrogen-bond acceptors (Lipinski definition) is 7. The topological polar surface area (TPSA) is 136 Å². The van der Waals surface area contributed by atoms with E-state index in [1.54, 1.807) is 47.6 Å². The zero-order valence-corrected chi connectivity index (χ0v) is 25.8. The van der Waals surface area contributed by atoms with Crippen molar-refractivity contribution in [3.05, 3.63) is 114 Å². The standard InChI is InChI=1S/C37H35N5O5/c38-22-25-6-8-27(9-7-25)36(45)40-32-20-30(12-13-33(32)41-15-17-47-18-16-41)29-4-1-3-26(19-29)24-42(37(46)28-10-11-28)34(21-35(43)44)31-5-2-14-39-23-31/h1-9,12-14,19-20,23,28,34H,10-11,15-18,21,24H2,(H,40,45)(H,43,44). The summed E-state index contributed by atoms with van der Waals surface area (Å²) in [5.41, 5.74) is 5.74. The number of morpholine rings is 1. The zero-order chi connectivity index (χ0) is 32.8. The van der Waals surface area contributed by atoms with E-state index in [0.717, 1.165) is 35.2 Å². The van der Waals surface area contributed by atoms with Gasteiger partial charge in [0, 0.05) is 43.5 Å². The molecule has 10 heteroatoms. The lowest BCUT2D eigenvalue weighted by molar-refractivity contribution is -0.142. The number of hydrogen-bond donors (Lipinski definition) is 2. The minimum Gasteiger partial charge on any atom is -0.481 e. The fourth-order valence-corrected chi connectivity index (χ4v) is 5.89. The summed E-state index contributed by atoms with van der Waals surface area (Å²) in [6.45, 7) is 2.79. The molecule has 1 aromatic heterocycles. The third-order valence-electron chi connectivity index (χ3n) is 8.51. The largest absolute Gasteiger partial charge is 0.481 e. The van der Waals surface area contributed by atoms with Crippen molar-refractivity contribution in [3.8, 4) is 17.2 Å². The predicted molar refractivity (Wildman–Crippen MR) is 177 cm³/mol. The molecule has 6 rings (SSSR count). The lowest BCUT2D eigenvalue weighted by Gasteiger charge is -2.32. The summed E-state index contributed by atoms with van der Waals surface area (Å²) >= 11 is 0. The number of anilines is 2. The predicted octanol–water partition coefficient (Wildman–Crippen LogP) is 5.66. The van der Waals surface area contributed by atoms with Crippen molar-refractivity contribution in [1.29, 1.82) is 5.26 Å². The number of aliphatic carboxylic acids is 1. The summed E-state index contributed by atoms with van der Waals surface area (Å²) in [5, 5.41) is 22.0. The Kier molecular flexibility index (Phi) is 9.55. The molecule has 1 unspecified atom stereocenters. The van der Waals surface area contributed by atoms with Gasteiger partial charge < -0.3 is 25.0 Å². The molecule has 2 N–H and O–H groups in total. The monoisotopic (exact) mass is 629 g/mol. The van der Waals surface area contributed by atoms with Gasteiger partial charge in [0.1, 0.15) is 0 Å². The molecule has 1 aliphatic heterocycles. The lowest BCUT2D eigenvalue weighted by atomic mass is 9.99. The van der Waals surface area contributed by atoms with Gasteiger partial charge in [0.25, 0.3) is 5.91 Å². The van der Waals surface area contributed by atoms with E-state index in [9.17, 15) is 19.5 Å². The molecule has 1 saturated carbocycles. The fourth-order valence-electron chi connectivity index (χ4n) is 5.89. The number of ether oxygens (including phenoxy) is 1. The van der Waals surface area contributed by atoms with E-state index in [2.05, 4.69) is 21.3 Å². The van der Waals surface area contributed by atoms with Gasteiger partial charge in [-0.3, -0.25) is 19.4 Å². The van der Waals surface area contributed by atoms with E-state index in [1.165, 1.54) is 0 Å². The maximum atomic E-state index is 13.6. The van der Waals surface area contributed by atoms with Crippen LogP contribution in [0.25, 0.3) is 11.1 Å². The maximum absolute atomic E-state index is 13.6. The number of nitriles is 1. The van der Waals surface area contributed by atoms with Crippen LogP contribution < -0.4 is 10.2 Å². The molecule has 1 atom stereocenters. The number of pyridine rings is 1. The van der Waals surface area contributed by atoms with E-state index < -0.39 is 12.0 Å². The molecule has 4 aromatic rings. The number of benzene rings is 3. The van der Waals surface area contributed by atoms with Crippen LogP contribution in [0.5, 0.6) is 0 Å². The number of carboxylic acids is 1. The van der Waals surface area contributed by atoms with Crippen LogP contribution in [-0.2, 0) is 20.9 Å². The number of rotatable bonds is 11. The first-order chi connectivity index (χ1) is 22.9. The summed E-state index contributed by atoms with van der Waals surface area (Å²) in [4.78, 5) is 46.9. The molecule has 2 fully saturated rings. The highest BCUT2D eigenvalue weighted by Crippen LogP contribution is 2.37. The van der Waals surface area contributed by atoms with Crippen molar-refractivity contribution in [1.82, 2.24) is 9.88 Å². The second kappa shape index (κ2) is 14.3. The molecule has 2 amide bonds. The highest BCUT2D eigenvalue weighted by molar-refractivity contribution is 6.06. The Balaban J connectivity index is 1.31. The van der Waals surface area contributed by atoms with Crippen molar-refractivity contribution < 1.29 is 24.2 Å². The number of nitrogens with zero attached hydrogens (tertiary/aromatic N) is 4. The Hall–Kier alpha value is -5.53. The van der Waals surface area contributed by atoms with Crippen LogP contribution in [0, 0.1) is 17.2 Å². The minimum absolute atomic E-state index is 0.0480. The molecule has 2 heterocycles. The van der Waals surface area contributed by atoms with E-state index in [4.69, 9.17) is 10.00 Å². The van der Waals surface area contributed by atoms with Crippen molar-refractivity contribution in [2.24, 2.45) is 5.92 Å². The highest BCUT2D eigenvalue weighted by Gasteiger charge is 2.37. The van der Waals surface area contributed by atoms with Crippen LogP contribution in [0.15, 0.2) is 91.3 Å². The molecule has 0 radical (unpaired) electrons. The van der Waals surface area contributed by atoms with Gasteiger partial charge in [0.2, 0.25) is 5.91 Å². The van der Waals surface area contributed by atoms with Crippen LogP contribution in [0.3, 0.4) is 0 Å². The third-order valence-corrected chi connectivity index (χ3v) is 8.51. The number of carboxylic acid groups (broad SMARTS) is 1. The van der Waals surface area contributed by atoms with E-state index in [0.29, 0.717) is 48.7 Å². The molecule has 238 valence electrons. The van der Waals surface area contributed by atoms with Gasteiger partial charge in [0.05, 0.1) is 48.7 Å². The average molecular weight is 630 g/mol. The Bertz CT molecular complexity index is 1790.